The summed E-state index contributed by atoms with van der Waals surface area (Å²) in [6, 6.07) is 0. The lowest BCUT2D eigenvalue weighted by Gasteiger charge is -2.37. The maximum absolute atomic E-state index is 11.5. The van der Waals surface area contributed by atoms with E-state index in [-0.39, 0.29) is 24.0 Å². The summed E-state index contributed by atoms with van der Waals surface area (Å²) in [5.74, 6) is -0.213. The maximum Gasteiger partial charge on any atom is 0.334 e. The van der Waals surface area contributed by atoms with Crippen molar-refractivity contribution >= 4 is 5.97 Å². The van der Waals surface area contributed by atoms with Crippen LogP contribution in [0.3, 0.4) is 0 Å². The van der Waals surface area contributed by atoms with Crippen LogP contribution in [0, 0.1) is 0 Å². The number of esters is 1. The fourth-order valence-electron chi connectivity index (χ4n) is 3.33. The van der Waals surface area contributed by atoms with Crippen molar-refractivity contribution in [1.82, 2.24) is 0 Å². The zero-order valence-electron chi connectivity index (χ0n) is 11.4. The molecule has 1 unspecified atom stereocenters. The van der Waals surface area contributed by atoms with Crippen LogP contribution in [-0.2, 0) is 19.0 Å². The molecule has 2 heterocycles. The Morgan fingerprint density at radius 3 is 2.58 bits per heavy atom. The van der Waals surface area contributed by atoms with Crippen LogP contribution in [-0.4, -0.2) is 30.6 Å². The van der Waals surface area contributed by atoms with Crippen LogP contribution >= 0.6 is 0 Å². The van der Waals surface area contributed by atoms with Crippen molar-refractivity contribution in [1.29, 1.82) is 0 Å². The second kappa shape index (κ2) is 5.25. The summed E-state index contributed by atoms with van der Waals surface area (Å²) >= 11 is 0. The van der Waals surface area contributed by atoms with Gasteiger partial charge >= 0.3 is 5.97 Å². The standard InChI is InChI=1S/C15H22O4/c1-11-10-15(19-14(11)16)7-5-12(6-8-15)18-13-4-2-3-9-17-13/h12-13H,1-10H2. The first-order valence-electron chi connectivity index (χ1n) is 7.35. The normalized spacial score (nSPS) is 39.6. The Bertz CT molecular complexity index is 344. The molecule has 2 aliphatic heterocycles. The molecule has 1 aliphatic carbocycles. The van der Waals surface area contributed by atoms with Gasteiger partial charge in [0.05, 0.1) is 6.10 Å². The van der Waals surface area contributed by atoms with Crippen LogP contribution in [0.2, 0.25) is 0 Å². The molecule has 0 aromatic rings. The zero-order chi connectivity index (χ0) is 13.3. The average molecular weight is 266 g/mol. The summed E-state index contributed by atoms with van der Waals surface area (Å²) in [6.07, 6.45) is 7.93. The van der Waals surface area contributed by atoms with Crippen LogP contribution in [0.4, 0.5) is 0 Å². The highest BCUT2D eigenvalue weighted by atomic mass is 16.7. The highest BCUT2D eigenvalue weighted by molar-refractivity contribution is 5.90. The van der Waals surface area contributed by atoms with Gasteiger partial charge in [-0.1, -0.05) is 6.58 Å². The third-order valence-corrected chi connectivity index (χ3v) is 4.46. The van der Waals surface area contributed by atoms with Gasteiger partial charge in [-0.05, 0) is 44.9 Å². The van der Waals surface area contributed by atoms with Gasteiger partial charge in [0.15, 0.2) is 6.29 Å². The smallest absolute Gasteiger partial charge is 0.334 e. The minimum Gasteiger partial charge on any atom is -0.455 e. The highest BCUT2D eigenvalue weighted by Gasteiger charge is 2.45. The fraction of sp³-hybridized carbons (Fsp3) is 0.800. The maximum atomic E-state index is 11.5. The second-order valence-electron chi connectivity index (χ2n) is 5.98. The van der Waals surface area contributed by atoms with E-state index in [2.05, 4.69) is 6.58 Å². The van der Waals surface area contributed by atoms with Gasteiger partial charge in [-0.3, -0.25) is 0 Å². The summed E-state index contributed by atoms with van der Waals surface area (Å²) in [7, 11) is 0. The fourth-order valence-corrected chi connectivity index (χ4v) is 3.33. The van der Waals surface area contributed by atoms with Gasteiger partial charge in [-0.25, -0.2) is 4.79 Å². The summed E-state index contributed by atoms with van der Waals surface area (Å²) in [6.45, 7) is 4.59. The van der Waals surface area contributed by atoms with Crippen molar-refractivity contribution in [2.45, 2.75) is 69.4 Å². The van der Waals surface area contributed by atoms with Crippen molar-refractivity contribution in [3.05, 3.63) is 12.2 Å². The van der Waals surface area contributed by atoms with Gasteiger partial charge in [0.2, 0.25) is 0 Å². The molecular formula is C15H22O4. The van der Waals surface area contributed by atoms with Crippen molar-refractivity contribution < 1.29 is 19.0 Å². The van der Waals surface area contributed by atoms with E-state index in [9.17, 15) is 4.79 Å². The molecule has 1 spiro atoms. The molecular weight excluding hydrogens is 244 g/mol. The van der Waals surface area contributed by atoms with Gasteiger partial charge < -0.3 is 14.2 Å². The van der Waals surface area contributed by atoms with Crippen molar-refractivity contribution in [2.24, 2.45) is 0 Å². The van der Waals surface area contributed by atoms with Crippen LogP contribution in [0.5, 0.6) is 0 Å². The van der Waals surface area contributed by atoms with E-state index in [0.29, 0.717) is 12.0 Å². The highest BCUT2D eigenvalue weighted by Crippen LogP contribution is 2.42. The second-order valence-corrected chi connectivity index (χ2v) is 5.98. The Morgan fingerprint density at radius 1 is 1.21 bits per heavy atom. The molecule has 0 amide bonds. The van der Waals surface area contributed by atoms with E-state index in [1.54, 1.807) is 0 Å². The van der Waals surface area contributed by atoms with E-state index in [1.165, 1.54) is 6.42 Å². The number of carbonyl (C=O) groups is 1. The molecule has 4 nitrogen and oxygen atoms in total. The van der Waals surface area contributed by atoms with Crippen molar-refractivity contribution in [3.8, 4) is 0 Å². The lowest BCUT2D eigenvalue weighted by atomic mass is 9.81. The van der Waals surface area contributed by atoms with E-state index in [4.69, 9.17) is 14.2 Å². The first-order chi connectivity index (χ1) is 9.17. The molecule has 2 saturated heterocycles. The topological polar surface area (TPSA) is 44.8 Å². The summed E-state index contributed by atoms with van der Waals surface area (Å²) in [4.78, 5) is 11.5. The third-order valence-electron chi connectivity index (χ3n) is 4.46. The quantitative estimate of drug-likeness (QED) is 0.569. The third kappa shape index (κ3) is 2.84. The first kappa shape index (κ1) is 13.1. The molecule has 3 aliphatic rings. The van der Waals surface area contributed by atoms with Gasteiger partial charge in [-0.2, -0.15) is 0 Å². The molecule has 0 aromatic carbocycles. The predicted octanol–water partition coefficient (Wildman–Crippen LogP) is 2.71. The van der Waals surface area contributed by atoms with Gasteiger partial charge in [0, 0.05) is 18.6 Å². The molecule has 1 atom stereocenters. The molecule has 0 N–H and O–H groups in total. The van der Waals surface area contributed by atoms with Crippen LogP contribution in [0.15, 0.2) is 12.2 Å². The number of hydrogen-bond donors (Lipinski definition) is 0. The molecule has 19 heavy (non-hydrogen) atoms. The minimum absolute atomic E-state index is 0.0195. The van der Waals surface area contributed by atoms with Crippen LogP contribution in [0.1, 0.15) is 51.4 Å². The molecule has 3 fully saturated rings. The van der Waals surface area contributed by atoms with E-state index in [0.717, 1.165) is 45.1 Å². The minimum atomic E-state index is -0.276. The SMILES string of the molecule is C=C1CC2(CCC(OC3CCCCO3)CC2)OC1=O. The molecule has 106 valence electrons. The Morgan fingerprint density at radius 2 is 2.00 bits per heavy atom. The summed E-state index contributed by atoms with van der Waals surface area (Å²) < 4.78 is 17.1. The molecule has 1 saturated carbocycles. The van der Waals surface area contributed by atoms with Gasteiger partial charge in [-0.15, -0.1) is 0 Å². The van der Waals surface area contributed by atoms with Crippen molar-refractivity contribution in [3.63, 3.8) is 0 Å². The Labute approximate surface area is 114 Å². The van der Waals surface area contributed by atoms with E-state index >= 15 is 0 Å². The number of ether oxygens (including phenoxy) is 3. The molecule has 3 rings (SSSR count). The first-order valence-corrected chi connectivity index (χ1v) is 7.35. The number of hydrogen-bond acceptors (Lipinski definition) is 4. The number of rotatable bonds is 2. The Balaban J connectivity index is 1.49. The molecule has 0 aromatic heterocycles. The molecule has 0 bridgehead atoms. The Kier molecular flexibility index (Phi) is 3.63. The number of carbonyl (C=O) groups excluding carboxylic acids is 1. The van der Waals surface area contributed by atoms with Crippen molar-refractivity contribution in [2.75, 3.05) is 6.61 Å². The summed E-state index contributed by atoms with van der Waals surface area (Å²) in [5, 5.41) is 0. The largest absolute Gasteiger partial charge is 0.455 e. The predicted molar refractivity (Wildman–Crippen MR) is 69.5 cm³/mol. The average Bonchev–Trinajstić information content (AvgIpc) is 2.69. The summed E-state index contributed by atoms with van der Waals surface area (Å²) in [5.41, 5.74) is 0.344. The lowest BCUT2D eigenvalue weighted by molar-refractivity contribution is -0.201. The zero-order valence-corrected chi connectivity index (χ0v) is 11.4. The van der Waals surface area contributed by atoms with E-state index in [1.807, 2.05) is 0 Å². The van der Waals surface area contributed by atoms with Crippen LogP contribution < -0.4 is 0 Å². The van der Waals surface area contributed by atoms with Gasteiger partial charge in [0.25, 0.3) is 0 Å². The monoisotopic (exact) mass is 266 g/mol. The lowest BCUT2D eigenvalue weighted by Crippen LogP contribution is -2.38. The molecule has 0 radical (unpaired) electrons. The van der Waals surface area contributed by atoms with E-state index < -0.39 is 0 Å². The molecule has 4 heteroatoms. The Hall–Kier alpha value is -0.870. The van der Waals surface area contributed by atoms with Crippen LogP contribution in [0.25, 0.3) is 0 Å². The van der Waals surface area contributed by atoms with Gasteiger partial charge in [0.1, 0.15) is 5.60 Å².